The largest absolute Gasteiger partial charge is 0.444 e. The van der Waals surface area contributed by atoms with Crippen molar-refractivity contribution in [2.45, 2.75) is 51.2 Å². The van der Waals surface area contributed by atoms with E-state index in [1.54, 1.807) is 4.90 Å². The van der Waals surface area contributed by atoms with Gasteiger partial charge in [-0.25, -0.2) is 4.79 Å². The van der Waals surface area contributed by atoms with Gasteiger partial charge in [-0.1, -0.05) is 30.3 Å². The molecule has 1 aliphatic rings. The van der Waals surface area contributed by atoms with Crippen LogP contribution in [-0.2, 0) is 9.53 Å². The molecular formula is C17H23NO3. The standard InChI is InChI=1S/C17H23NO3/c1-17(2,3)21-16(20)18-10-9-14(11-15(18)12-19)13-7-5-4-6-8-13/h4-8,12,14-15H,9-11H2,1-3H3. The first-order valence-corrected chi connectivity index (χ1v) is 7.40. The van der Waals surface area contributed by atoms with Gasteiger partial charge in [0.25, 0.3) is 0 Å². The number of hydrogen-bond acceptors (Lipinski definition) is 3. The van der Waals surface area contributed by atoms with Crippen LogP contribution in [0, 0.1) is 0 Å². The zero-order chi connectivity index (χ0) is 15.5. The second-order valence-electron chi connectivity index (χ2n) is 6.51. The van der Waals surface area contributed by atoms with Crippen molar-refractivity contribution < 1.29 is 14.3 Å². The number of rotatable bonds is 2. The van der Waals surface area contributed by atoms with Gasteiger partial charge in [0, 0.05) is 6.54 Å². The number of carbonyl (C=O) groups is 2. The lowest BCUT2D eigenvalue weighted by Crippen LogP contribution is -2.48. The first kappa shape index (κ1) is 15.5. The molecule has 0 bridgehead atoms. The van der Waals surface area contributed by atoms with E-state index in [1.165, 1.54) is 5.56 Å². The first-order chi connectivity index (χ1) is 9.90. The van der Waals surface area contributed by atoms with Gasteiger partial charge in [0.2, 0.25) is 0 Å². The van der Waals surface area contributed by atoms with E-state index in [-0.39, 0.29) is 0 Å². The minimum Gasteiger partial charge on any atom is -0.444 e. The summed E-state index contributed by atoms with van der Waals surface area (Å²) in [6, 6.07) is 9.75. The molecule has 0 saturated carbocycles. The van der Waals surface area contributed by atoms with Crippen molar-refractivity contribution >= 4 is 12.4 Å². The monoisotopic (exact) mass is 289 g/mol. The quantitative estimate of drug-likeness (QED) is 0.784. The smallest absolute Gasteiger partial charge is 0.410 e. The number of piperidine rings is 1. The number of amides is 1. The molecule has 2 atom stereocenters. The summed E-state index contributed by atoms with van der Waals surface area (Å²) in [5.74, 6) is 0.320. The SMILES string of the molecule is CC(C)(C)OC(=O)N1CCC(c2ccccc2)CC1C=O. The number of ether oxygens (including phenoxy) is 1. The Morgan fingerprint density at radius 2 is 1.95 bits per heavy atom. The predicted octanol–water partition coefficient (Wildman–Crippen LogP) is 3.37. The number of aldehydes is 1. The van der Waals surface area contributed by atoms with E-state index >= 15 is 0 Å². The van der Waals surface area contributed by atoms with Gasteiger partial charge >= 0.3 is 6.09 Å². The molecule has 4 heteroatoms. The normalized spacial score (nSPS) is 22.7. The van der Waals surface area contributed by atoms with Crippen molar-refractivity contribution in [3.05, 3.63) is 35.9 Å². The highest BCUT2D eigenvalue weighted by Gasteiger charge is 2.34. The predicted molar refractivity (Wildman–Crippen MR) is 81.2 cm³/mol. The van der Waals surface area contributed by atoms with Crippen molar-refractivity contribution in [1.29, 1.82) is 0 Å². The average Bonchev–Trinajstić information content (AvgIpc) is 2.45. The third-order valence-electron chi connectivity index (χ3n) is 3.70. The van der Waals surface area contributed by atoms with E-state index in [9.17, 15) is 9.59 Å². The summed E-state index contributed by atoms with van der Waals surface area (Å²) in [6.45, 7) is 6.05. The Morgan fingerprint density at radius 1 is 1.29 bits per heavy atom. The van der Waals surface area contributed by atoms with Crippen molar-refractivity contribution in [3.63, 3.8) is 0 Å². The number of carbonyl (C=O) groups excluding carboxylic acids is 2. The maximum absolute atomic E-state index is 12.2. The molecule has 0 aliphatic carbocycles. The molecule has 2 rings (SSSR count). The Kier molecular flexibility index (Phi) is 4.66. The highest BCUT2D eigenvalue weighted by atomic mass is 16.6. The van der Waals surface area contributed by atoms with Crippen LogP contribution < -0.4 is 0 Å². The van der Waals surface area contributed by atoms with E-state index in [2.05, 4.69) is 12.1 Å². The van der Waals surface area contributed by atoms with Crippen molar-refractivity contribution in [2.24, 2.45) is 0 Å². The van der Waals surface area contributed by atoms with Crippen LogP contribution in [-0.4, -0.2) is 35.5 Å². The molecule has 1 saturated heterocycles. The zero-order valence-electron chi connectivity index (χ0n) is 12.9. The van der Waals surface area contributed by atoms with E-state index in [1.807, 2.05) is 39.0 Å². The summed E-state index contributed by atoms with van der Waals surface area (Å²) in [4.78, 5) is 25.1. The van der Waals surface area contributed by atoms with Gasteiger partial charge < -0.3 is 9.53 Å². The molecule has 0 spiro atoms. The Morgan fingerprint density at radius 3 is 2.52 bits per heavy atom. The highest BCUT2D eigenvalue weighted by molar-refractivity contribution is 5.74. The van der Waals surface area contributed by atoms with E-state index < -0.39 is 17.7 Å². The molecule has 0 aromatic heterocycles. The third-order valence-corrected chi connectivity index (χ3v) is 3.70. The molecule has 4 nitrogen and oxygen atoms in total. The fourth-order valence-corrected chi connectivity index (χ4v) is 2.70. The van der Waals surface area contributed by atoms with Crippen molar-refractivity contribution in [1.82, 2.24) is 4.90 Å². The van der Waals surface area contributed by atoms with Crippen LogP contribution in [0.25, 0.3) is 0 Å². The molecule has 0 N–H and O–H groups in total. The van der Waals surface area contributed by atoms with Crippen LogP contribution in [0.3, 0.4) is 0 Å². The lowest BCUT2D eigenvalue weighted by molar-refractivity contribution is -0.113. The molecule has 1 fully saturated rings. The van der Waals surface area contributed by atoms with Gasteiger partial charge in [-0.15, -0.1) is 0 Å². The fourth-order valence-electron chi connectivity index (χ4n) is 2.70. The van der Waals surface area contributed by atoms with Crippen molar-refractivity contribution in [3.8, 4) is 0 Å². The molecule has 1 amide bonds. The van der Waals surface area contributed by atoms with E-state index in [0.29, 0.717) is 18.9 Å². The van der Waals surface area contributed by atoms with Crippen LogP contribution in [0.2, 0.25) is 0 Å². The number of nitrogens with zero attached hydrogens (tertiary/aromatic N) is 1. The molecular weight excluding hydrogens is 266 g/mol. The van der Waals surface area contributed by atoms with Gasteiger partial charge in [0.05, 0.1) is 6.04 Å². The molecule has 1 aromatic carbocycles. The van der Waals surface area contributed by atoms with Crippen LogP contribution in [0.15, 0.2) is 30.3 Å². The van der Waals surface area contributed by atoms with E-state index in [4.69, 9.17) is 4.74 Å². The fraction of sp³-hybridized carbons (Fsp3) is 0.529. The Balaban J connectivity index is 2.05. The zero-order valence-corrected chi connectivity index (χ0v) is 12.9. The first-order valence-electron chi connectivity index (χ1n) is 7.40. The second-order valence-corrected chi connectivity index (χ2v) is 6.51. The van der Waals surface area contributed by atoms with E-state index in [0.717, 1.165) is 12.7 Å². The Bertz CT molecular complexity index is 493. The molecule has 1 aromatic rings. The summed E-state index contributed by atoms with van der Waals surface area (Å²) < 4.78 is 5.38. The average molecular weight is 289 g/mol. The maximum Gasteiger partial charge on any atom is 0.410 e. The molecule has 0 radical (unpaired) electrons. The lowest BCUT2D eigenvalue weighted by Gasteiger charge is -2.37. The van der Waals surface area contributed by atoms with Gasteiger partial charge in [0.15, 0.2) is 0 Å². The molecule has 1 aliphatic heterocycles. The van der Waals surface area contributed by atoms with Crippen LogP contribution >= 0.6 is 0 Å². The van der Waals surface area contributed by atoms with Gasteiger partial charge in [-0.2, -0.15) is 0 Å². The summed E-state index contributed by atoms with van der Waals surface area (Å²) in [5.41, 5.74) is 0.689. The summed E-state index contributed by atoms with van der Waals surface area (Å²) in [6.07, 6.45) is 1.98. The number of hydrogen-bond donors (Lipinski definition) is 0. The topological polar surface area (TPSA) is 46.6 Å². The maximum atomic E-state index is 12.2. The van der Waals surface area contributed by atoms with Crippen LogP contribution in [0.1, 0.15) is 45.1 Å². The van der Waals surface area contributed by atoms with Crippen LogP contribution in [0.5, 0.6) is 0 Å². The van der Waals surface area contributed by atoms with Crippen LogP contribution in [0.4, 0.5) is 4.79 Å². The molecule has 2 unspecified atom stereocenters. The van der Waals surface area contributed by atoms with Gasteiger partial charge in [0.1, 0.15) is 11.9 Å². The highest BCUT2D eigenvalue weighted by Crippen LogP contribution is 2.31. The molecule has 1 heterocycles. The minimum atomic E-state index is -0.541. The number of likely N-dealkylation sites (tertiary alicyclic amines) is 1. The van der Waals surface area contributed by atoms with Gasteiger partial charge in [-0.05, 0) is 45.1 Å². The summed E-state index contributed by atoms with van der Waals surface area (Å²) in [5, 5.41) is 0. The summed E-state index contributed by atoms with van der Waals surface area (Å²) in [7, 11) is 0. The Labute approximate surface area is 126 Å². The molecule has 114 valence electrons. The lowest BCUT2D eigenvalue weighted by atomic mass is 9.86. The third kappa shape index (κ3) is 4.06. The minimum absolute atomic E-state index is 0.320. The summed E-state index contributed by atoms with van der Waals surface area (Å²) >= 11 is 0. The van der Waals surface area contributed by atoms with Gasteiger partial charge in [-0.3, -0.25) is 4.90 Å². The number of benzene rings is 1. The van der Waals surface area contributed by atoms with Crippen molar-refractivity contribution in [2.75, 3.05) is 6.54 Å². The Hall–Kier alpha value is -1.84. The second kappa shape index (κ2) is 6.29. The molecule has 21 heavy (non-hydrogen) atoms.